The van der Waals surface area contributed by atoms with E-state index in [2.05, 4.69) is 5.32 Å². The molecule has 0 bridgehead atoms. The number of anilines is 1. The molecule has 0 spiro atoms. The van der Waals surface area contributed by atoms with Crippen LogP contribution in [-0.4, -0.2) is 35.7 Å². The summed E-state index contributed by atoms with van der Waals surface area (Å²) in [6.45, 7) is 6.79. The zero-order valence-electron chi connectivity index (χ0n) is 16.6. The Labute approximate surface area is 166 Å². The van der Waals surface area contributed by atoms with Gasteiger partial charge in [-0.2, -0.15) is 5.26 Å². The quantitative estimate of drug-likeness (QED) is 0.752. The van der Waals surface area contributed by atoms with Crippen LogP contribution in [0.3, 0.4) is 0 Å². The van der Waals surface area contributed by atoms with Gasteiger partial charge in [-0.1, -0.05) is 51.1 Å². The molecule has 1 atom stereocenters. The number of urea groups is 1. The average Bonchev–Trinajstić information content (AvgIpc) is 2.66. The Morgan fingerprint density at radius 1 is 1.18 bits per heavy atom. The molecule has 0 aliphatic rings. The maximum atomic E-state index is 12.8. The van der Waals surface area contributed by atoms with Crippen LogP contribution in [-0.2, 0) is 0 Å². The van der Waals surface area contributed by atoms with Gasteiger partial charge in [0, 0.05) is 12.2 Å². The van der Waals surface area contributed by atoms with Crippen molar-refractivity contribution >= 4 is 11.7 Å². The van der Waals surface area contributed by atoms with Crippen LogP contribution >= 0.6 is 0 Å². The van der Waals surface area contributed by atoms with E-state index in [4.69, 9.17) is 10.00 Å². The number of aliphatic hydroxyl groups is 1. The van der Waals surface area contributed by atoms with Crippen molar-refractivity contribution in [2.45, 2.75) is 26.9 Å². The fourth-order valence-electron chi connectivity index (χ4n) is 2.73. The predicted molar refractivity (Wildman–Crippen MR) is 109 cm³/mol. The Morgan fingerprint density at radius 2 is 1.82 bits per heavy atom. The molecule has 28 heavy (non-hydrogen) atoms. The highest BCUT2D eigenvalue weighted by molar-refractivity contribution is 5.89. The van der Waals surface area contributed by atoms with Crippen LogP contribution < -0.4 is 10.1 Å². The number of carbonyl (C=O) groups is 1. The number of nitrogens with zero attached hydrogens (tertiary/aromatic N) is 2. The minimum Gasteiger partial charge on any atom is -0.479 e. The van der Waals surface area contributed by atoms with Crippen LogP contribution in [0.15, 0.2) is 54.6 Å². The van der Waals surface area contributed by atoms with Crippen molar-refractivity contribution in [3.05, 3.63) is 60.2 Å². The van der Waals surface area contributed by atoms with Crippen molar-refractivity contribution in [1.29, 1.82) is 5.26 Å². The number of aliphatic hydroxyl groups excluding tert-OH is 1. The minimum atomic E-state index is -0.768. The highest BCUT2D eigenvalue weighted by Gasteiger charge is 2.24. The Balaban J connectivity index is 2.07. The Morgan fingerprint density at radius 3 is 2.39 bits per heavy atom. The Bertz CT molecular complexity index is 793. The van der Waals surface area contributed by atoms with E-state index in [1.807, 2.05) is 57.2 Å². The van der Waals surface area contributed by atoms with E-state index >= 15 is 0 Å². The SMILES string of the molecule is CC(C)(C)CN(CC(O)c1ccccc1)C(=O)Nc1ccc(OCC#N)cc1. The number of carbonyl (C=O) groups excluding carboxylic acids is 1. The molecular weight excluding hydrogens is 354 g/mol. The molecule has 2 rings (SSSR count). The highest BCUT2D eigenvalue weighted by atomic mass is 16.5. The third-order valence-corrected chi connectivity index (χ3v) is 3.94. The lowest BCUT2D eigenvalue weighted by atomic mass is 9.95. The summed E-state index contributed by atoms with van der Waals surface area (Å²) in [6.07, 6.45) is -0.768. The van der Waals surface area contributed by atoms with Crippen LogP contribution in [0.25, 0.3) is 0 Å². The fourth-order valence-corrected chi connectivity index (χ4v) is 2.73. The normalized spacial score (nSPS) is 12.0. The summed E-state index contributed by atoms with van der Waals surface area (Å²) < 4.78 is 5.21. The Kier molecular flexibility index (Phi) is 7.42. The van der Waals surface area contributed by atoms with Crippen LogP contribution in [0.2, 0.25) is 0 Å². The van der Waals surface area contributed by atoms with E-state index in [0.29, 0.717) is 18.0 Å². The molecule has 0 heterocycles. The molecule has 2 amide bonds. The molecule has 0 aliphatic heterocycles. The van der Waals surface area contributed by atoms with Crippen LogP contribution in [0.4, 0.5) is 10.5 Å². The fraction of sp³-hybridized carbons (Fsp3) is 0.364. The largest absolute Gasteiger partial charge is 0.479 e. The number of hydrogen-bond acceptors (Lipinski definition) is 4. The van der Waals surface area contributed by atoms with E-state index in [-0.39, 0.29) is 24.6 Å². The van der Waals surface area contributed by atoms with Gasteiger partial charge >= 0.3 is 6.03 Å². The van der Waals surface area contributed by atoms with Gasteiger partial charge in [-0.25, -0.2) is 4.79 Å². The van der Waals surface area contributed by atoms with Crippen LogP contribution in [0.1, 0.15) is 32.4 Å². The average molecular weight is 381 g/mol. The van der Waals surface area contributed by atoms with Gasteiger partial charge in [0.2, 0.25) is 0 Å². The monoisotopic (exact) mass is 381 g/mol. The van der Waals surface area contributed by atoms with Crippen molar-refractivity contribution < 1.29 is 14.6 Å². The number of nitrogens with one attached hydrogen (secondary N) is 1. The van der Waals surface area contributed by atoms with Gasteiger partial charge in [0.25, 0.3) is 0 Å². The summed E-state index contributed by atoms with van der Waals surface area (Å²) in [5, 5.41) is 22.0. The smallest absolute Gasteiger partial charge is 0.321 e. The first-order valence-electron chi connectivity index (χ1n) is 9.17. The summed E-state index contributed by atoms with van der Waals surface area (Å²) in [6, 6.07) is 17.8. The molecule has 2 N–H and O–H groups in total. The van der Waals surface area contributed by atoms with E-state index in [1.54, 1.807) is 29.2 Å². The second-order valence-corrected chi connectivity index (χ2v) is 7.77. The van der Waals surface area contributed by atoms with Gasteiger partial charge in [-0.15, -0.1) is 0 Å². The van der Waals surface area contributed by atoms with Crippen molar-refractivity contribution in [2.75, 3.05) is 25.0 Å². The van der Waals surface area contributed by atoms with E-state index in [1.165, 1.54) is 0 Å². The number of hydrogen-bond donors (Lipinski definition) is 2. The third kappa shape index (κ3) is 6.93. The summed E-state index contributed by atoms with van der Waals surface area (Å²) in [7, 11) is 0. The summed E-state index contributed by atoms with van der Waals surface area (Å²) in [5.41, 5.74) is 1.26. The number of nitriles is 1. The van der Waals surface area contributed by atoms with Crippen LogP contribution in [0, 0.1) is 16.7 Å². The molecule has 2 aromatic rings. The summed E-state index contributed by atoms with van der Waals surface area (Å²) in [4.78, 5) is 14.5. The molecule has 2 aromatic carbocycles. The second kappa shape index (κ2) is 9.77. The highest BCUT2D eigenvalue weighted by Crippen LogP contribution is 2.21. The number of ether oxygens (including phenoxy) is 1. The van der Waals surface area contributed by atoms with Crippen molar-refractivity contribution in [2.24, 2.45) is 5.41 Å². The molecular formula is C22H27N3O3. The maximum Gasteiger partial charge on any atom is 0.321 e. The zero-order valence-corrected chi connectivity index (χ0v) is 16.6. The van der Waals surface area contributed by atoms with Gasteiger partial charge in [0.1, 0.15) is 11.8 Å². The van der Waals surface area contributed by atoms with Crippen molar-refractivity contribution in [3.63, 3.8) is 0 Å². The number of rotatable bonds is 7. The van der Waals surface area contributed by atoms with E-state index < -0.39 is 6.10 Å². The first-order chi connectivity index (χ1) is 13.3. The van der Waals surface area contributed by atoms with Gasteiger partial charge in [-0.05, 0) is 35.2 Å². The van der Waals surface area contributed by atoms with Crippen LogP contribution in [0.5, 0.6) is 5.75 Å². The third-order valence-electron chi connectivity index (χ3n) is 3.94. The van der Waals surface area contributed by atoms with Gasteiger partial charge in [0.05, 0.1) is 12.6 Å². The number of amides is 2. The summed E-state index contributed by atoms with van der Waals surface area (Å²) in [5.74, 6) is 0.561. The first-order valence-corrected chi connectivity index (χ1v) is 9.17. The topological polar surface area (TPSA) is 85.6 Å². The standard InChI is InChI=1S/C22H27N3O3/c1-22(2,3)16-25(15-20(26)17-7-5-4-6-8-17)21(27)24-18-9-11-19(12-10-18)28-14-13-23/h4-12,20,26H,14-16H2,1-3H3,(H,24,27). The molecule has 0 aromatic heterocycles. The van der Waals surface area contributed by atoms with Gasteiger partial charge in [0.15, 0.2) is 6.61 Å². The lowest BCUT2D eigenvalue weighted by molar-refractivity contribution is 0.110. The summed E-state index contributed by atoms with van der Waals surface area (Å²) >= 11 is 0. The van der Waals surface area contributed by atoms with Crippen molar-refractivity contribution in [3.8, 4) is 11.8 Å². The van der Waals surface area contributed by atoms with Gasteiger partial charge < -0.3 is 20.1 Å². The molecule has 6 heteroatoms. The Hall–Kier alpha value is -3.04. The van der Waals surface area contributed by atoms with E-state index in [9.17, 15) is 9.90 Å². The molecule has 6 nitrogen and oxygen atoms in total. The molecule has 0 saturated carbocycles. The van der Waals surface area contributed by atoms with Gasteiger partial charge in [-0.3, -0.25) is 0 Å². The lowest BCUT2D eigenvalue weighted by Gasteiger charge is -2.31. The molecule has 0 fully saturated rings. The predicted octanol–water partition coefficient (Wildman–Crippen LogP) is 4.20. The molecule has 0 radical (unpaired) electrons. The molecule has 1 unspecified atom stereocenters. The second-order valence-electron chi connectivity index (χ2n) is 7.77. The zero-order chi connectivity index (χ0) is 20.6. The first kappa shape index (κ1) is 21.3. The lowest BCUT2D eigenvalue weighted by Crippen LogP contribution is -2.42. The molecule has 0 aliphatic carbocycles. The molecule has 0 saturated heterocycles. The van der Waals surface area contributed by atoms with E-state index in [0.717, 1.165) is 5.56 Å². The maximum absolute atomic E-state index is 12.8. The van der Waals surface area contributed by atoms with Crippen molar-refractivity contribution in [1.82, 2.24) is 4.90 Å². The minimum absolute atomic E-state index is 0.0254. The molecule has 148 valence electrons. The number of benzene rings is 2.